The van der Waals surface area contributed by atoms with Gasteiger partial charge in [-0.05, 0) is 54.4 Å². The number of hydrogen-bond donors (Lipinski definition) is 1. The van der Waals surface area contributed by atoms with E-state index in [1.165, 1.54) is 0 Å². The highest BCUT2D eigenvalue weighted by molar-refractivity contribution is 6.00. The number of benzene rings is 3. The summed E-state index contributed by atoms with van der Waals surface area (Å²) in [6, 6.07) is 16.7. The van der Waals surface area contributed by atoms with Crippen molar-refractivity contribution in [1.29, 1.82) is 0 Å². The van der Waals surface area contributed by atoms with Crippen LogP contribution in [0.25, 0.3) is 22.2 Å². The van der Waals surface area contributed by atoms with E-state index in [0.717, 1.165) is 39.1 Å². The minimum absolute atomic E-state index is 0.0654. The molecule has 0 saturated heterocycles. The molecule has 210 valence electrons. The maximum atomic E-state index is 13.5. The van der Waals surface area contributed by atoms with E-state index < -0.39 is 0 Å². The predicted octanol–water partition coefficient (Wildman–Crippen LogP) is 4.83. The molecule has 2 amide bonds. The number of carbonyl (C=O) groups excluding carboxylic acids is 2. The highest BCUT2D eigenvalue weighted by Crippen LogP contribution is 2.41. The molecule has 0 spiro atoms. The number of methoxy groups -OCH3 is 3. The summed E-state index contributed by atoms with van der Waals surface area (Å²) >= 11 is 0. The van der Waals surface area contributed by atoms with Crippen LogP contribution >= 0.6 is 0 Å². The number of nitrogens with zero attached hydrogens (tertiary/aromatic N) is 2. The van der Waals surface area contributed by atoms with Gasteiger partial charge < -0.3 is 29.2 Å². The van der Waals surface area contributed by atoms with Crippen LogP contribution in [0.3, 0.4) is 0 Å². The van der Waals surface area contributed by atoms with Gasteiger partial charge in [-0.15, -0.1) is 0 Å². The van der Waals surface area contributed by atoms with Crippen molar-refractivity contribution in [1.82, 2.24) is 15.2 Å². The Morgan fingerprint density at radius 3 is 2.56 bits per heavy atom. The maximum Gasteiger partial charge on any atom is 0.252 e. The summed E-state index contributed by atoms with van der Waals surface area (Å²) in [6.45, 7) is 3.09. The van der Waals surface area contributed by atoms with Crippen LogP contribution in [0.2, 0.25) is 0 Å². The molecule has 2 aliphatic heterocycles. The number of aryl methyl sites for hydroxylation is 1. The van der Waals surface area contributed by atoms with Gasteiger partial charge in [-0.3, -0.25) is 9.59 Å². The smallest absolute Gasteiger partial charge is 0.252 e. The van der Waals surface area contributed by atoms with E-state index >= 15 is 0 Å². The van der Waals surface area contributed by atoms with Crippen LogP contribution in [0.5, 0.6) is 23.0 Å². The standard InChI is InChI=1S/C32H31N3O6/c1-18-13-23(33-30-26(39-3)10-9-25(38-2)29(18)30)19-14-20-17-35(11-12-41-31(20)27(15-19)40-4)28(36)16-24-21-7-5-6-8-22(21)32(37)34-24/h5-10,13-15,24H,11-12,16-17H2,1-4H3,(H,34,37)/t24-/m1/s1. The van der Waals surface area contributed by atoms with Gasteiger partial charge in [0, 0.05) is 28.6 Å². The van der Waals surface area contributed by atoms with Gasteiger partial charge in [0.15, 0.2) is 11.5 Å². The molecule has 0 unspecified atom stereocenters. The lowest BCUT2D eigenvalue weighted by atomic mass is 10.0. The molecular formula is C32H31N3O6. The molecule has 2 aliphatic rings. The van der Waals surface area contributed by atoms with E-state index in [9.17, 15) is 9.59 Å². The van der Waals surface area contributed by atoms with Crippen molar-refractivity contribution < 1.29 is 28.5 Å². The van der Waals surface area contributed by atoms with Gasteiger partial charge in [-0.25, -0.2) is 4.98 Å². The van der Waals surface area contributed by atoms with Gasteiger partial charge in [0.2, 0.25) is 5.91 Å². The van der Waals surface area contributed by atoms with Crippen LogP contribution in [-0.4, -0.2) is 56.2 Å². The van der Waals surface area contributed by atoms with Crippen LogP contribution in [0, 0.1) is 6.92 Å². The van der Waals surface area contributed by atoms with E-state index in [0.29, 0.717) is 48.0 Å². The Hall–Kier alpha value is -4.79. The minimum atomic E-state index is -0.354. The van der Waals surface area contributed by atoms with Crippen molar-refractivity contribution in [3.8, 4) is 34.3 Å². The van der Waals surface area contributed by atoms with E-state index in [4.69, 9.17) is 23.9 Å². The molecule has 1 N–H and O–H groups in total. The summed E-state index contributed by atoms with van der Waals surface area (Å²) < 4.78 is 23.0. The third kappa shape index (κ3) is 4.67. The molecule has 0 saturated carbocycles. The predicted molar refractivity (Wildman–Crippen MR) is 154 cm³/mol. The van der Waals surface area contributed by atoms with Crippen molar-refractivity contribution in [3.05, 3.63) is 76.9 Å². The number of aromatic nitrogens is 1. The number of amides is 2. The number of pyridine rings is 1. The average molecular weight is 554 g/mol. The second-order valence-electron chi connectivity index (χ2n) is 10.2. The Balaban J connectivity index is 1.34. The number of ether oxygens (including phenoxy) is 4. The van der Waals surface area contributed by atoms with E-state index in [1.807, 2.05) is 55.5 Å². The molecule has 6 rings (SSSR count). The number of fused-ring (bicyclic) bond motifs is 3. The van der Waals surface area contributed by atoms with E-state index in [1.54, 1.807) is 32.3 Å². The van der Waals surface area contributed by atoms with Gasteiger partial charge >= 0.3 is 0 Å². The Labute approximate surface area is 238 Å². The quantitative estimate of drug-likeness (QED) is 0.365. The molecule has 3 aromatic carbocycles. The van der Waals surface area contributed by atoms with Crippen LogP contribution in [0.15, 0.2) is 54.6 Å². The number of nitrogens with one attached hydrogen (secondary N) is 1. The average Bonchev–Trinajstić information content (AvgIpc) is 3.15. The van der Waals surface area contributed by atoms with Gasteiger partial charge in [-0.1, -0.05) is 18.2 Å². The summed E-state index contributed by atoms with van der Waals surface area (Å²) in [6.07, 6.45) is 0.169. The zero-order valence-electron chi connectivity index (χ0n) is 23.4. The Kier molecular flexibility index (Phi) is 6.86. The summed E-state index contributed by atoms with van der Waals surface area (Å²) in [4.78, 5) is 32.6. The molecule has 0 fully saturated rings. The van der Waals surface area contributed by atoms with Gasteiger partial charge in [-0.2, -0.15) is 0 Å². The van der Waals surface area contributed by atoms with Gasteiger partial charge in [0.05, 0.1) is 46.0 Å². The van der Waals surface area contributed by atoms with Crippen LogP contribution < -0.4 is 24.3 Å². The first-order valence-corrected chi connectivity index (χ1v) is 13.5. The molecular weight excluding hydrogens is 522 g/mol. The molecule has 1 atom stereocenters. The fraction of sp³-hybridized carbons (Fsp3) is 0.281. The van der Waals surface area contributed by atoms with Crippen molar-refractivity contribution in [3.63, 3.8) is 0 Å². The monoisotopic (exact) mass is 553 g/mol. The molecule has 0 radical (unpaired) electrons. The zero-order chi connectivity index (χ0) is 28.7. The molecule has 0 aliphatic carbocycles. The first kappa shape index (κ1) is 26.4. The molecule has 3 heterocycles. The first-order chi connectivity index (χ1) is 19.9. The highest BCUT2D eigenvalue weighted by Gasteiger charge is 2.32. The lowest BCUT2D eigenvalue weighted by Crippen LogP contribution is -2.35. The second kappa shape index (κ2) is 10.6. The topological polar surface area (TPSA) is 99.2 Å². The van der Waals surface area contributed by atoms with Crippen LogP contribution in [0.4, 0.5) is 0 Å². The third-order valence-corrected chi connectivity index (χ3v) is 7.76. The second-order valence-corrected chi connectivity index (χ2v) is 10.2. The van der Waals surface area contributed by atoms with Crippen molar-refractivity contribution >= 4 is 22.7 Å². The molecule has 9 heteroatoms. The fourth-order valence-electron chi connectivity index (χ4n) is 5.74. The van der Waals surface area contributed by atoms with Crippen LogP contribution in [0.1, 0.15) is 39.5 Å². The first-order valence-electron chi connectivity index (χ1n) is 13.5. The van der Waals surface area contributed by atoms with Crippen LogP contribution in [-0.2, 0) is 11.3 Å². The van der Waals surface area contributed by atoms with Gasteiger partial charge in [0.1, 0.15) is 23.6 Å². The lowest BCUT2D eigenvalue weighted by molar-refractivity contribution is -0.132. The van der Waals surface area contributed by atoms with E-state index in [2.05, 4.69) is 5.32 Å². The molecule has 41 heavy (non-hydrogen) atoms. The summed E-state index contributed by atoms with van der Waals surface area (Å²) in [5.74, 6) is 2.34. The Morgan fingerprint density at radius 2 is 1.78 bits per heavy atom. The third-order valence-electron chi connectivity index (χ3n) is 7.76. The fourth-order valence-corrected chi connectivity index (χ4v) is 5.74. The minimum Gasteiger partial charge on any atom is -0.496 e. The molecule has 0 bridgehead atoms. The normalized spacial score (nSPS) is 15.9. The van der Waals surface area contributed by atoms with Crippen molar-refractivity contribution in [2.24, 2.45) is 0 Å². The SMILES string of the molecule is COc1cc(-c2cc(C)c3c(OC)ccc(OC)c3n2)cc2c1OCCN(C(=O)C[C@H]1NC(=O)c3ccccc31)C2. The zero-order valence-corrected chi connectivity index (χ0v) is 23.4. The maximum absolute atomic E-state index is 13.5. The van der Waals surface area contributed by atoms with E-state index in [-0.39, 0.29) is 24.3 Å². The molecule has 9 nitrogen and oxygen atoms in total. The number of carbonyl (C=O) groups is 2. The Bertz CT molecular complexity index is 1680. The lowest BCUT2D eigenvalue weighted by Gasteiger charge is -2.22. The van der Waals surface area contributed by atoms with Gasteiger partial charge in [0.25, 0.3) is 5.91 Å². The van der Waals surface area contributed by atoms with Crippen molar-refractivity contribution in [2.45, 2.75) is 25.9 Å². The van der Waals surface area contributed by atoms with Crippen molar-refractivity contribution in [2.75, 3.05) is 34.5 Å². The molecule has 4 aromatic rings. The Morgan fingerprint density at radius 1 is 1.02 bits per heavy atom. The number of rotatable bonds is 6. The summed E-state index contributed by atoms with van der Waals surface area (Å²) in [5, 5.41) is 3.83. The number of hydrogen-bond acceptors (Lipinski definition) is 7. The summed E-state index contributed by atoms with van der Waals surface area (Å²) in [7, 11) is 4.86. The highest BCUT2D eigenvalue weighted by atomic mass is 16.5. The molecule has 1 aromatic heterocycles. The largest absolute Gasteiger partial charge is 0.496 e. The summed E-state index contributed by atoms with van der Waals surface area (Å²) in [5.41, 5.74) is 5.53.